The highest BCUT2D eigenvalue weighted by Crippen LogP contribution is 2.27. The maximum Gasteiger partial charge on any atom is 0.435 e. The van der Waals surface area contributed by atoms with Crippen LogP contribution in [0.3, 0.4) is 0 Å². The second-order valence-corrected chi connectivity index (χ2v) is 5.70. The Morgan fingerprint density at radius 3 is 2.50 bits per heavy atom. The molecule has 0 radical (unpaired) electrons. The van der Waals surface area contributed by atoms with E-state index in [2.05, 4.69) is 5.10 Å². The number of aromatic nitrogens is 2. The van der Waals surface area contributed by atoms with Gasteiger partial charge in [0, 0.05) is 19.0 Å². The lowest BCUT2D eigenvalue weighted by Crippen LogP contribution is -2.10. The second-order valence-electron chi connectivity index (χ2n) is 3.45. The van der Waals surface area contributed by atoms with Gasteiger partial charge in [-0.1, -0.05) is 0 Å². The van der Waals surface area contributed by atoms with Crippen molar-refractivity contribution in [3.05, 3.63) is 18.0 Å². The summed E-state index contributed by atoms with van der Waals surface area (Å²) in [5, 5.41) is 3.30. The summed E-state index contributed by atoms with van der Waals surface area (Å²) < 4.78 is 59.1. The fourth-order valence-corrected chi connectivity index (χ4v) is 1.78. The third kappa shape index (κ3) is 4.21. The van der Waals surface area contributed by atoms with Crippen LogP contribution in [0.15, 0.2) is 12.3 Å². The first-order chi connectivity index (χ1) is 7.18. The lowest BCUT2D eigenvalue weighted by molar-refractivity contribution is -0.141. The molecule has 0 aromatic carbocycles. The van der Waals surface area contributed by atoms with Crippen LogP contribution < -0.4 is 0 Å². The van der Waals surface area contributed by atoms with Gasteiger partial charge in [-0.25, -0.2) is 8.42 Å². The summed E-state index contributed by atoms with van der Waals surface area (Å²) >= 11 is 0. The van der Waals surface area contributed by atoms with Gasteiger partial charge in [0.05, 0.1) is 5.75 Å². The quantitative estimate of drug-likeness (QED) is 0.816. The minimum absolute atomic E-state index is 0.0613. The number of halogens is 3. The molecular formula is C8H11F3N2O2S. The van der Waals surface area contributed by atoms with E-state index < -0.39 is 21.7 Å². The van der Waals surface area contributed by atoms with Gasteiger partial charge in [0.25, 0.3) is 0 Å². The van der Waals surface area contributed by atoms with Crippen molar-refractivity contribution in [3.8, 4) is 0 Å². The lowest BCUT2D eigenvalue weighted by atomic mass is 10.4. The number of alkyl halides is 3. The summed E-state index contributed by atoms with van der Waals surface area (Å²) in [5.74, 6) is -0.0613. The maximum absolute atomic E-state index is 12.1. The molecule has 1 aromatic rings. The van der Waals surface area contributed by atoms with E-state index in [-0.39, 0.29) is 18.7 Å². The molecule has 1 aromatic heterocycles. The number of sulfone groups is 1. The topological polar surface area (TPSA) is 52.0 Å². The Morgan fingerprint density at radius 1 is 1.44 bits per heavy atom. The van der Waals surface area contributed by atoms with Gasteiger partial charge in [-0.2, -0.15) is 18.3 Å². The number of aryl methyl sites for hydroxylation is 1. The van der Waals surface area contributed by atoms with E-state index in [4.69, 9.17) is 0 Å². The SMILES string of the molecule is CS(=O)(=O)CCCn1ccc(C(F)(F)F)n1. The van der Waals surface area contributed by atoms with Gasteiger partial charge in [-0.05, 0) is 12.5 Å². The largest absolute Gasteiger partial charge is 0.435 e. The van der Waals surface area contributed by atoms with Gasteiger partial charge in [-0.15, -0.1) is 0 Å². The molecule has 0 saturated heterocycles. The van der Waals surface area contributed by atoms with Gasteiger partial charge in [0.2, 0.25) is 0 Å². The zero-order valence-corrected chi connectivity index (χ0v) is 9.35. The van der Waals surface area contributed by atoms with Crippen molar-refractivity contribution in [2.75, 3.05) is 12.0 Å². The molecule has 0 aliphatic carbocycles. The van der Waals surface area contributed by atoms with Crippen LogP contribution in [0, 0.1) is 0 Å². The first kappa shape index (κ1) is 13.0. The highest BCUT2D eigenvalue weighted by Gasteiger charge is 2.33. The summed E-state index contributed by atoms with van der Waals surface area (Å²) in [6, 6.07) is 0.862. The first-order valence-corrected chi connectivity index (χ1v) is 6.53. The van der Waals surface area contributed by atoms with E-state index in [0.717, 1.165) is 17.0 Å². The molecule has 0 unspecified atom stereocenters. The highest BCUT2D eigenvalue weighted by atomic mass is 32.2. The summed E-state index contributed by atoms with van der Waals surface area (Å²) in [5.41, 5.74) is -0.966. The molecule has 0 N–H and O–H groups in total. The van der Waals surface area contributed by atoms with Crippen molar-refractivity contribution in [1.29, 1.82) is 0 Å². The van der Waals surface area contributed by atoms with E-state index in [1.165, 1.54) is 6.20 Å². The van der Waals surface area contributed by atoms with Crippen molar-refractivity contribution in [3.63, 3.8) is 0 Å². The van der Waals surface area contributed by atoms with Crippen LogP contribution in [0.25, 0.3) is 0 Å². The van der Waals surface area contributed by atoms with E-state index in [1.807, 2.05) is 0 Å². The lowest BCUT2D eigenvalue weighted by Gasteiger charge is -2.02. The molecule has 0 aliphatic rings. The van der Waals surface area contributed by atoms with Gasteiger partial charge < -0.3 is 0 Å². The normalized spacial score (nSPS) is 13.0. The van der Waals surface area contributed by atoms with Crippen molar-refractivity contribution in [1.82, 2.24) is 9.78 Å². The van der Waals surface area contributed by atoms with Crippen LogP contribution in [0.5, 0.6) is 0 Å². The average Bonchev–Trinajstić information content (AvgIpc) is 2.49. The Labute approximate surface area is 91.0 Å². The van der Waals surface area contributed by atoms with E-state index in [9.17, 15) is 21.6 Å². The molecule has 0 saturated carbocycles. The minimum atomic E-state index is -4.46. The standard InChI is InChI=1S/C8H11F3N2O2S/c1-16(14,15)6-2-4-13-5-3-7(12-13)8(9,10)11/h3,5H,2,4,6H2,1H3. The van der Waals surface area contributed by atoms with Crippen molar-refractivity contribution >= 4 is 9.84 Å². The molecule has 0 spiro atoms. The van der Waals surface area contributed by atoms with Gasteiger partial charge in [0.1, 0.15) is 9.84 Å². The first-order valence-electron chi connectivity index (χ1n) is 4.47. The van der Waals surface area contributed by atoms with Crippen LogP contribution >= 0.6 is 0 Å². The van der Waals surface area contributed by atoms with Crippen LogP contribution in [0.4, 0.5) is 13.2 Å². The summed E-state index contributed by atoms with van der Waals surface area (Å²) in [7, 11) is -3.08. The molecule has 0 atom stereocenters. The number of hydrogen-bond acceptors (Lipinski definition) is 3. The molecule has 1 rings (SSSR count). The Balaban J connectivity index is 2.54. The Morgan fingerprint density at radius 2 is 2.06 bits per heavy atom. The zero-order chi connectivity index (χ0) is 12.4. The third-order valence-corrected chi connectivity index (χ3v) is 2.86. The molecule has 0 fully saturated rings. The summed E-state index contributed by atoms with van der Waals surface area (Å²) in [6.45, 7) is 0.156. The highest BCUT2D eigenvalue weighted by molar-refractivity contribution is 7.90. The summed E-state index contributed by atoms with van der Waals surface area (Å²) in [4.78, 5) is 0. The predicted molar refractivity (Wildman–Crippen MR) is 51.6 cm³/mol. The molecular weight excluding hydrogens is 245 g/mol. The predicted octanol–water partition coefficient (Wildman–Crippen LogP) is 1.34. The number of nitrogens with zero attached hydrogens (tertiary/aromatic N) is 2. The van der Waals surface area contributed by atoms with Gasteiger partial charge in [0.15, 0.2) is 5.69 Å². The van der Waals surface area contributed by atoms with E-state index in [0.29, 0.717) is 0 Å². The summed E-state index contributed by atoms with van der Waals surface area (Å²) in [6.07, 6.45) is -1.94. The Hall–Kier alpha value is -1.05. The van der Waals surface area contributed by atoms with Crippen LogP contribution in [0.1, 0.15) is 12.1 Å². The second kappa shape index (κ2) is 4.44. The zero-order valence-electron chi connectivity index (χ0n) is 8.53. The molecule has 8 heteroatoms. The van der Waals surface area contributed by atoms with E-state index >= 15 is 0 Å². The number of rotatable bonds is 4. The van der Waals surface area contributed by atoms with Gasteiger partial charge >= 0.3 is 6.18 Å². The van der Waals surface area contributed by atoms with E-state index in [1.54, 1.807) is 0 Å². The molecule has 0 amide bonds. The van der Waals surface area contributed by atoms with Crippen molar-refractivity contribution in [2.45, 2.75) is 19.1 Å². The fourth-order valence-electron chi connectivity index (χ4n) is 1.13. The maximum atomic E-state index is 12.1. The molecule has 1 heterocycles. The monoisotopic (exact) mass is 256 g/mol. The number of hydrogen-bond donors (Lipinski definition) is 0. The molecule has 0 aliphatic heterocycles. The smallest absolute Gasteiger partial charge is 0.272 e. The molecule has 16 heavy (non-hydrogen) atoms. The fraction of sp³-hybridized carbons (Fsp3) is 0.625. The van der Waals surface area contributed by atoms with Crippen LogP contribution in [-0.2, 0) is 22.6 Å². The third-order valence-electron chi connectivity index (χ3n) is 1.83. The average molecular weight is 256 g/mol. The van der Waals surface area contributed by atoms with Crippen LogP contribution in [-0.4, -0.2) is 30.2 Å². The Kier molecular flexibility index (Phi) is 3.61. The Bertz CT molecular complexity index is 450. The van der Waals surface area contributed by atoms with Crippen molar-refractivity contribution in [2.24, 2.45) is 0 Å². The molecule has 4 nitrogen and oxygen atoms in total. The molecule has 0 bridgehead atoms. The van der Waals surface area contributed by atoms with Crippen LogP contribution in [0.2, 0.25) is 0 Å². The van der Waals surface area contributed by atoms with Gasteiger partial charge in [-0.3, -0.25) is 4.68 Å². The van der Waals surface area contributed by atoms with Crippen molar-refractivity contribution < 1.29 is 21.6 Å². The molecule has 92 valence electrons. The minimum Gasteiger partial charge on any atom is -0.272 e.